The minimum absolute atomic E-state index is 0.0549. The molecule has 3 atom stereocenters. The van der Waals surface area contributed by atoms with Gasteiger partial charge in [0.1, 0.15) is 5.75 Å². The first-order chi connectivity index (χ1) is 18.0. The van der Waals surface area contributed by atoms with Gasteiger partial charge in [0, 0.05) is 25.9 Å². The zero-order chi connectivity index (χ0) is 27.3. The van der Waals surface area contributed by atoms with Crippen molar-refractivity contribution in [1.29, 1.82) is 0 Å². The van der Waals surface area contributed by atoms with Crippen LogP contribution in [-0.4, -0.2) is 66.8 Å². The van der Waals surface area contributed by atoms with Gasteiger partial charge < -0.3 is 14.2 Å². The maximum Gasteiger partial charge on any atom is 0.266 e. The number of sulfonamides is 1. The number of hydroxylamine groups is 1. The van der Waals surface area contributed by atoms with Crippen molar-refractivity contribution in [1.82, 2.24) is 9.79 Å². The molecule has 2 heterocycles. The summed E-state index contributed by atoms with van der Waals surface area (Å²) in [7, 11) is -2.43. The number of aryl methyl sites for hydroxylation is 1. The highest BCUT2D eigenvalue weighted by atomic mass is 32.2. The Balaban J connectivity index is 1.31. The van der Waals surface area contributed by atoms with Crippen LogP contribution in [0, 0.1) is 6.92 Å². The molecule has 9 nitrogen and oxygen atoms in total. The number of hydrogen-bond acceptors (Lipinski definition) is 7. The second-order valence-electron chi connectivity index (χ2n) is 11.0. The third kappa shape index (κ3) is 4.62. The number of amides is 1. The number of rotatable bonds is 6. The standard InChI is InChI=1S/C28H36N2O7S/c1-18-14-20(8-9-23(18)21-6-5-7-22(15-21)35-4)19-10-12-30(13-11-19)38(33,34)28(26(31)29-32)16-24-25(17-28)37-27(2,3)36-24/h5-9,14-15,19,24-25,32H,10-13,16-17H2,1-4H3,(H,29,31)/t24-,25+,28+. The Morgan fingerprint density at radius 2 is 1.74 bits per heavy atom. The van der Waals surface area contributed by atoms with E-state index >= 15 is 0 Å². The Kier molecular flexibility index (Phi) is 7.06. The molecule has 2 N–H and O–H groups in total. The molecular formula is C28H36N2O7S. The van der Waals surface area contributed by atoms with E-state index in [-0.39, 0.29) is 18.8 Å². The van der Waals surface area contributed by atoms with Gasteiger partial charge in [-0.2, -0.15) is 0 Å². The van der Waals surface area contributed by atoms with Crippen molar-refractivity contribution in [3.63, 3.8) is 0 Å². The molecule has 5 rings (SSSR count). The van der Waals surface area contributed by atoms with E-state index < -0.39 is 38.7 Å². The van der Waals surface area contributed by atoms with Crippen molar-refractivity contribution in [2.75, 3.05) is 20.2 Å². The predicted octanol–water partition coefficient (Wildman–Crippen LogP) is 3.74. The average Bonchev–Trinajstić information content (AvgIpc) is 3.39. The number of carbonyl (C=O) groups is 1. The lowest BCUT2D eigenvalue weighted by atomic mass is 9.87. The van der Waals surface area contributed by atoms with Gasteiger partial charge in [0.25, 0.3) is 5.91 Å². The number of piperidine rings is 1. The fourth-order valence-electron chi connectivity index (χ4n) is 6.34. The van der Waals surface area contributed by atoms with Gasteiger partial charge in [0.05, 0.1) is 19.3 Å². The van der Waals surface area contributed by atoms with E-state index in [0.29, 0.717) is 25.9 Å². The van der Waals surface area contributed by atoms with Crippen LogP contribution < -0.4 is 10.2 Å². The molecule has 3 aliphatic rings. The number of nitrogens with zero attached hydrogens (tertiary/aromatic N) is 1. The molecule has 2 saturated heterocycles. The molecule has 2 aliphatic heterocycles. The summed E-state index contributed by atoms with van der Waals surface area (Å²) >= 11 is 0. The lowest BCUT2D eigenvalue weighted by Gasteiger charge is -2.38. The summed E-state index contributed by atoms with van der Waals surface area (Å²) in [5, 5.41) is 9.47. The molecule has 0 aromatic heterocycles. The summed E-state index contributed by atoms with van der Waals surface area (Å²) in [6.07, 6.45) is 0.115. The zero-order valence-electron chi connectivity index (χ0n) is 22.3. The lowest BCUT2D eigenvalue weighted by molar-refractivity contribution is -0.157. The van der Waals surface area contributed by atoms with Crippen molar-refractivity contribution in [3.05, 3.63) is 53.6 Å². The van der Waals surface area contributed by atoms with Crippen LogP contribution in [0.3, 0.4) is 0 Å². The molecule has 1 saturated carbocycles. The molecule has 206 valence electrons. The van der Waals surface area contributed by atoms with Crippen molar-refractivity contribution in [2.45, 2.75) is 75.1 Å². The molecule has 0 unspecified atom stereocenters. The van der Waals surface area contributed by atoms with Crippen LogP contribution in [0.15, 0.2) is 42.5 Å². The first-order valence-corrected chi connectivity index (χ1v) is 14.5. The van der Waals surface area contributed by atoms with Crippen LogP contribution in [0.4, 0.5) is 0 Å². The Morgan fingerprint density at radius 3 is 2.32 bits per heavy atom. The van der Waals surface area contributed by atoms with Gasteiger partial charge >= 0.3 is 0 Å². The number of methoxy groups -OCH3 is 1. The monoisotopic (exact) mass is 544 g/mol. The molecular weight excluding hydrogens is 508 g/mol. The number of benzene rings is 2. The Hall–Kier alpha value is -2.50. The summed E-state index contributed by atoms with van der Waals surface area (Å²) in [6.45, 7) is 6.21. The minimum atomic E-state index is -4.09. The van der Waals surface area contributed by atoms with Gasteiger partial charge in [0.15, 0.2) is 10.5 Å². The largest absolute Gasteiger partial charge is 0.497 e. The topological polar surface area (TPSA) is 114 Å². The van der Waals surface area contributed by atoms with Crippen LogP contribution >= 0.6 is 0 Å². The maximum absolute atomic E-state index is 13.9. The first kappa shape index (κ1) is 27.1. The average molecular weight is 545 g/mol. The van der Waals surface area contributed by atoms with Crippen LogP contribution in [0.1, 0.15) is 56.6 Å². The fourth-order valence-corrected chi connectivity index (χ4v) is 8.55. The number of hydrogen-bond donors (Lipinski definition) is 2. The SMILES string of the molecule is COc1cccc(-c2ccc(C3CCN(S(=O)(=O)[C@]4(C(=O)NO)C[C@@H]5OC(C)(C)O[C@@H]5C4)CC3)cc2C)c1. The minimum Gasteiger partial charge on any atom is -0.497 e. The van der Waals surface area contributed by atoms with Crippen LogP contribution in [-0.2, 0) is 24.3 Å². The van der Waals surface area contributed by atoms with E-state index in [2.05, 4.69) is 31.2 Å². The molecule has 3 fully saturated rings. The highest BCUT2D eigenvalue weighted by molar-refractivity contribution is 7.91. The number of nitrogens with one attached hydrogen (secondary N) is 1. The molecule has 0 radical (unpaired) electrons. The summed E-state index contributed by atoms with van der Waals surface area (Å²) < 4.78 is 44.5. The van der Waals surface area contributed by atoms with Gasteiger partial charge in [0.2, 0.25) is 10.0 Å². The van der Waals surface area contributed by atoms with E-state index in [1.165, 1.54) is 9.87 Å². The van der Waals surface area contributed by atoms with E-state index in [0.717, 1.165) is 22.4 Å². The number of fused-ring (bicyclic) bond motifs is 1. The van der Waals surface area contributed by atoms with E-state index in [1.54, 1.807) is 26.4 Å². The Labute approximate surface area is 224 Å². The van der Waals surface area contributed by atoms with Gasteiger partial charge in [-0.15, -0.1) is 0 Å². The summed E-state index contributed by atoms with van der Waals surface area (Å²) in [5.41, 5.74) is 6.14. The number of carbonyl (C=O) groups excluding carboxylic acids is 1. The van der Waals surface area contributed by atoms with E-state index in [1.807, 2.05) is 18.2 Å². The third-order valence-electron chi connectivity index (χ3n) is 8.25. The van der Waals surface area contributed by atoms with Crippen molar-refractivity contribution >= 4 is 15.9 Å². The molecule has 10 heteroatoms. The predicted molar refractivity (Wildman–Crippen MR) is 141 cm³/mol. The Bertz CT molecular complexity index is 1300. The maximum atomic E-state index is 13.9. The smallest absolute Gasteiger partial charge is 0.266 e. The highest BCUT2D eigenvalue weighted by Gasteiger charge is 2.64. The third-order valence-corrected chi connectivity index (χ3v) is 10.8. The molecule has 1 aliphatic carbocycles. The zero-order valence-corrected chi connectivity index (χ0v) is 23.1. The van der Waals surface area contributed by atoms with Crippen LogP contribution in [0.5, 0.6) is 5.75 Å². The van der Waals surface area contributed by atoms with Gasteiger partial charge in [-0.05, 0) is 73.9 Å². The molecule has 0 spiro atoms. The number of ether oxygens (including phenoxy) is 3. The second-order valence-corrected chi connectivity index (χ2v) is 13.3. The lowest BCUT2D eigenvalue weighted by Crippen LogP contribution is -2.57. The van der Waals surface area contributed by atoms with Gasteiger partial charge in [-0.25, -0.2) is 18.2 Å². The molecule has 38 heavy (non-hydrogen) atoms. The summed E-state index contributed by atoms with van der Waals surface area (Å²) in [4.78, 5) is 12.8. The van der Waals surface area contributed by atoms with Crippen molar-refractivity contribution in [3.8, 4) is 16.9 Å². The first-order valence-electron chi connectivity index (χ1n) is 13.0. The molecule has 2 aromatic carbocycles. The summed E-state index contributed by atoms with van der Waals surface area (Å²) in [6, 6.07) is 14.4. The van der Waals surface area contributed by atoms with E-state index in [9.17, 15) is 18.4 Å². The second kappa shape index (κ2) is 9.91. The van der Waals surface area contributed by atoms with Gasteiger partial charge in [-0.1, -0.05) is 30.3 Å². The van der Waals surface area contributed by atoms with Gasteiger partial charge in [-0.3, -0.25) is 10.0 Å². The normalized spacial score (nSPS) is 27.7. The quantitative estimate of drug-likeness (QED) is 0.421. The molecule has 0 bridgehead atoms. The van der Waals surface area contributed by atoms with Crippen molar-refractivity contribution in [2.24, 2.45) is 0 Å². The molecule has 2 aromatic rings. The molecule has 1 amide bonds. The highest BCUT2D eigenvalue weighted by Crippen LogP contribution is 2.48. The summed E-state index contributed by atoms with van der Waals surface area (Å²) in [5.74, 6) is -0.750. The van der Waals surface area contributed by atoms with Crippen LogP contribution in [0.25, 0.3) is 11.1 Å². The van der Waals surface area contributed by atoms with Crippen molar-refractivity contribution < 1.29 is 32.6 Å². The van der Waals surface area contributed by atoms with Crippen LogP contribution in [0.2, 0.25) is 0 Å². The Morgan fingerprint density at radius 1 is 1.08 bits per heavy atom. The van der Waals surface area contributed by atoms with E-state index in [4.69, 9.17) is 14.2 Å². The fraction of sp³-hybridized carbons (Fsp3) is 0.536.